The van der Waals surface area contributed by atoms with Crippen LogP contribution in [0.15, 0.2) is 36.5 Å². The molecule has 3 rings (SSSR count). The Labute approximate surface area is 170 Å². The van der Waals surface area contributed by atoms with Crippen LogP contribution in [0.5, 0.6) is 0 Å². The molecule has 1 aromatic carbocycles. The normalized spacial score (nSPS) is 25.2. The molecule has 1 fully saturated rings. The lowest BCUT2D eigenvalue weighted by Crippen LogP contribution is -2.53. The number of aromatic nitrogens is 2. The number of carbonyl (C=O) groups is 1. The molecule has 1 saturated heterocycles. The van der Waals surface area contributed by atoms with Gasteiger partial charge in [0.25, 0.3) is 0 Å². The predicted molar refractivity (Wildman–Crippen MR) is 112 cm³/mol. The first-order chi connectivity index (χ1) is 13.8. The van der Waals surface area contributed by atoms with Crippen LogP contribution < -0.4 is 5.73 Å². The van der Waals surface area contributed by atoms with E-state index in [2.05, 4.69) is 5.10 Å². The van der Waals surface area contributed by atoms with Crippen LogP contribution in [0.1, 0.15) is 24.8 Å². The zero-order valence-corrected chi connectivity index (χ0v) is 17.6. The summed E-state index contributed by atoms with van der Waals surface area (Å²) >= 11 is 0. The van der Waals surface area contributed by atoms with Crippen molar-refractivity contribution in [2.75, 3.05) is 25.8 Å². The first-order valence-electron chi connectivity index (χ1n) is 9.85. The number of aliphatic carboxylic acids is 1. The highest BCUT2D eigenvalue weighted by Gasteiger charge is 2.56. The highest BCUT2D eigenvalue weighted by atomic mass is 31.2. The average molecular weight is 420 g/mol. The quantitative estimate of drug-likeness (QED) is 0.442. The lowest BCUT2D eigenvalue weighted by Gasteiger charge is -2.43. The lowest BCUT2D eigenvalue weighted by molar-refractivity contribution is -0.141. The minimum Gasteiger partial charge on any atom is -0.480 e. The number of aryl methyl sites for hydroxylation is 1. The second-order valence-corrected chi connectivity index (χ2v) is 10.4. The lowest BCUT2D eigenvalue weighted by atomic mass is 9.98. The highest BCUT2D eigenvalue weighted by molar-refractivity contribution is 7.61. The zero-order chi connectivity index (χ0) is 21.1. The molecule has 2 heterocycles. The topological polar surface area (TPSA) is 122 Å². The first kappa shape index (κ1) is 21.7. The van der Waals surface area contributed by atoms with Crippen LogP contribution in [0.4, 0.5) is 0 Å². The summed E-state index contributed by atoms with van der Waals surface area (Å²) < 4.78 is 14.7. The van der Waals surface area contributed by atoms with Crippen molar-refractivity contribution in [3.8, 4) is 11.3 Å². The molecule has 158 valence electrons. The van der Waals surface area contributed by atoms with Gasteiger partial charge in [-0.2, -0.15) is 5.10 Å². The van der Waals surface area contributed by atoms with Gasteiger partial charge in [0.1, 0.15) is 0 Å². The molecule has 1 aromatic heterocycles. The molecule has 2 aromatic rings. The van der Waals surface area contributed by atoms with Crippen LogP contribution in [0, 0.1) is 0 Å². The first-order valence-corrected chi connectivity index (χ1v) is 11.7. The Hall–Kier alpha value is -1.99. The minimum atomic E-state index is -3.83. The molecular formula is C20H29N4O4P. The fourth-order valence-electron chi connectivity index (χ4n) is 4.11. The van der Waals surface area contributed by atoms with Crippen molar-refractivity contribution < 1.29 is 19.4 Å². The standard InChI is InChI=1S/C20H29N4O4P/c1-23-18(8-11-22-23)17-7-3-2-6-16(17)14-24-12-13-29(27,28)20(15-24,19(25)26)9-4-5-10-21/h2-3,6-8,11H,4-5,9-10,12-15,21H2,1H3,(H,25,26)(H,27,28). The van der Waals surface area contributed by atoms with Crippen LogP contribution in [0.2, 0.25) is 0 Å². The molecule has 0 bridgehead atoms. The van der Waals surface area contributed by atoms with Crippen molar-refractivity contribution in [2.24, 2.45) is 12.8 Å². The van der Waals surface area contributed by atoms with E-state index in [-0.39, 0.29) is 19.1 Å². The van der Waals surface area contributed by atoms with E-state index in [1.165, 1.54) is 0 Å². The van der Waals surface area contributed by atoms with Crippen LogP contribution in [-0.4, -0.2) is 61.6 Å². The second kappa shape index (κ2) is 8.79. The summed E-state index contributed by atoms with van der Waals surface area (Å²) in [5.41, 5.74) is 8.57. The van der Waals surface area contributed by atoms with Gasteiger partial charge in [0, 0.05) is 44.6 Å². The van der Waals surface area contributed by atoms with Gasteiger partial charge in [-0.05, 0) is 31.0 Å². The maximum Gasteiger partial charge on any atom is 0.320 e. The summed E-state index contributed by atoms with van der Waals surface area (Å²) in [7, 11) is -1.95. The molecule has 0 spiro atoms. The van der Waals surface area contributed by atoms with Gasteiger partial charge in [-0.25, -0.2) is 0 Å². The Balaban J connectivity index is 1.87. The van der Waals surface area contributed by atoms with Crippen molar-refractivity contribution >= 4 is 13.3 Å². The maximum absolute atomic E-state index is 12.9. The fourth-order valence-corrected chi connectivity index (χ4v) is 6.32. The molecule has 9 heteroatoms. The summed E-state index contributed by atoms with van der Waals surface area (Å²) in [5, 5.41) is 12.5. The van der Waals surface area contributed by atoms with Gasteiger partial charge in [0.05, 0.1) is 5.69 Å². The number of hydrogen-bond donors (Lipinski definition) is 3. The number of nitrogens with zero attached hydrogens (tertiary/aromatic N) is 3. The van der Waals surface area contributed by atoms with E-state index in [0.29, 0.717) is 32.5 Å². The van der Waals surface area contributed by atoms with E-state index in [1.807, 2.05) is 42.3 Å². The van der Waals surface area contributed by atoms with Gasteiger partial charge in [-0.1, -0.05) is 30.7 Å². The molecule has 0 saturated carbocycles. The third-order valence-corrected chi connectivity index (χ3v) is 8.52. The van der Waals surface area contributed by atoms with Crippen molar-refractivity contribution in [2.45, 2.75) is 31.0 Å². The Morgan fingerprint density at radius 2 is 2.07 bits per heavy atom. The van der Waals surface area contributed by atoms with Gasteiger partial charge >= 0.3 is 5.97 Å². The van der Waals surface area contributed by atoms with Crippen LogP contribution in [-0.2, 0) is 23.0 Å². The average Bonchev–Trinajstić information content (AvgIpc) is 3.10. The number of hydrogen-bond acceptors (Lipinski definition) is 5. The SMILES string of the molecule is Cn1nccc1-c1ccccc1CN1CCP(=O)(O)C(CCCCN)(C(=O)O)C1. The fraction of sp³-hybridized carbons (Fsp3) is 0.500. The number of rotatable bonds is 8. The summed E-state index contributed by atoms with van der Waals surface area (Å²) in [6.45, 7) is 1.39. The van der Waals surface area contributed by atoms with E-state index >= 15 is 0 Å². The van der Waals surface area contributed by atoms with Crippen molar-refractivity contribution in [1.82, 2.24) is 14.7 Å². The van der Waals surface area contributed by atoms with Gasteiger partial charge in [-0.3, -0.25) is 18.9 Å². The van der Waals surface area contributed by atoms with E-state index < -0.39 is 18.5 Å². The van der Waals surface area contributed by atoms with Crippen LogP contribution in [0.25, 0.3) is 11.3 Å². The molecule has 0 radical (unpaired) electrons. The smallest absolute Gasteiger partial charge is 0.320 e. The monoisotopic (exact) mass is 420 g/mol. The predicted octanol–water partition coefficient (Wildman–Crippen LogP) is 2.13. The second-order valence-electron chi connectivity index (χ2n) is 7.72. The van der Waals surface area contributed by atoms with Gasteiger partial charge in [-0.15, -0.1) is 0 Å². The Bertz CT molecular complexity index is 915. The zero-order valence-electron chi connectivity index (χ0n) is 16.7. The summed E-state index contributed by atoms with van der Waals surface area (Å²) in [6.07, 6.45) is 3.04. The van der Waals surface area contributed by atoms with E-state index in [1.54, 1.807) is 10.9 Å². The molecule has 8 nitrogen and oxygen atoms in total. The number of unbranched alkanes of at least 4 members (excludes halogenated alkanes) is 1. The number of nitrogens with two attached hydrogens (primary N) is 1. The molecule has 0 aliphatic carbocycles. The Morgan fingerprint density at radius 3 is 2.72 bits per heavy atom. The summed E-state index contributed by atoms with van der Waals surface area (Å²) in [4.78, 5) is 24.7. The van der Waals surface area contributed by atoms with Crippen molar-refractivity contribution in [1.29, 1.82) is 0 Å². The van der Waals surface area contributed by atoms with Gasteiger partial charge < -0.3 is 15.7 Å². The van der Waals surface area contributed by atoms with Gasteiger partial charge in [0.15, 0.2) is 5.16 Å². The number of carboxylic acid groups (broad SMARTS) is 1. The van der Waals surface area contributed by atoms with Gasteiger partial charge in [0.2, 0.25) is 7.37 Å². The van der Waals surface area contributed by atoms with Crippen molar-refractivity contribution in [3.63, 3.8) is 0 Å². The molecule has 1 aliphatic rings. The van der Waals surface area contributed by atoms with E-state index in [4.69, 9.17) is 5.73 Å². The van der Waals surface area contributed by atoms with Crippen molar-refractivity contribution in [3.05, 3.63) is 42.1 Å². The maximum atomic E-state index is 12.9. The number of carboxylic acids is 1. The Kier molecular flexibility index (Phi) is 6.58. The molecule has 1 aliphatic heterocycles. The highest BCUT2D eigenvalue weighted by Crippen LogP contribution is 2.59. The molecular weight excluding hydrogens is 391 g/mol. The Morgan fingerprint density at radius 1 is 1.31 bits per heavy atom. The molecule has 2 atom stereocenters. The van der Waals surface area contributed by atoms with E-state index in [9.17, 15) is 19.4 Å². The largest absolute Gasteiger partial charge is 0.480 e. The molecule has 29 heavy (non-hydrogen) atoms. The molecule has 2 unspecified atom stereocenters. The summed E-state index contributed by atoms with van der Waals surface area (Å²) in [5.74, 6) is -1.19. The third kappa shape index (κ3) is 4.31. The molecule has 4 N–H and O–H groups in total. The van der Waals surface area contributed by atoms with Crippen LogP contribution >= 0.6 is 7.37 Å². The van der Waals surface area contributed by atoms with E-state index in [0.717, 1.165) is 16.8 Å². The number of benzene rings is 1. The van der Waals surface area contributed by atoms with Crippen LogP contribution in [0.3, 0.4) is 0 Å². The third-order valence-electron chi connectivity index (χ3n) is 5.82. The minimum absolute atomic E-state index is 0.0181. The molecule has 0 amide bonds. The summed E-state index contributed by atoms with van der Waals surface area (Å²) in [6, 6.07) is 9.86.